The average molecular weight is 280 g/mol. The van der Waals surface area contributed by atoms with E-state index >= 15 is 0 Å². The molecule has 1 fully saturated rings. The molecule has 0 aliphatic carbocycles. The summed E-state index contributed by atoms with van der Waals surface area (Å²) in [5.74, 6) is 0.360. The third-order valence-corrected chi connectivity index (χ3v) is 3.71. The molecule has 0 spiro atoms. The predicted octanol–water partition coefficient (Wildman–Crippen LogP) is 1.66. The molecule has 0 radical (unpaired) electrons. The molecule has 2 rings (SSSR count). The second-order valence-corrected chi connectivity index (χ2v) is 5.20. The maximum absolute atomic E-state index is 13.0. The molecular weight excluding hydrogens is 259 g/mol. The molecule has 1 heterocycles. The third-order valence-electron chi connectivity index (χ3n) is 3.71. The summed E-state index contributed by atoms with van der Waals surface area (Å²) < 4.78 is 18.4. The van der Waals surface area contributed by atoms with Gasteiger partial charge >= 0.3 is 0 Å². The molecule has 1 aromatic carbocycles. The van der Waals surface area contributed by atoms with Crippen molar-refractivity contribution in [2.45, 2.75) is 19.4 Å². The highest BCUT2D eigenvalue weighted by molar-refractivity contribution is 5.79. The molecule has 1 N–H and O–H groups in total. The lowest BCUT2D eigenvalue weighted by Gasteiger charge is -2.23. The number of amides is 1. The molecule has 0 saturated carbocycles. The van der Waals surface area contributed by atoms with Gasteiger partial charge in [-0.05, 0) is 32.0 Å². The minimum Gasteiger partial charge on any atom is -0.492 e. The minimum atomic E-state index is -0.321. The highest BCUT2D eigenvalue weighted by atomic mass is 19.1. The molecule has 1 aliphatic heterocycles. The van der Waals surface area contributed by atoms with Crippen molar-refractivity contribution in [1.82, 2.24) is 10.2 Å². The van der Waals surface area contributed by atoms with Crippen molar-refractivity contribution < 1.29 is 13.9 Å². The van der Waals surface area contributed by atoms with Crippen molar-refractivity contribution in [3.8, 4) is 5.75 Å². The quantitative estimate of drug-likeness (QED) is 0.892. The highest BCUT2D eigenvalue weighted by Crippen LogP contribution is 2.17. The molecule has 1 aliphatic rings. The molecule has 20 heavy (non-hydrogen) atoms. The first kappa shape index (κ1) is 14.8. The van der Waals surface area contributed by atoms with Gasteiger partial charge in [-0.2, -0.15) is 0 Å². The molecule has 5 heteroatoms. The van der Waals surface area contributed by atoms with Gasteiger partial charge in [-0.1, -0.05) is 6.07 Å². The Morgan fingerprint density at radius 2 is 2.35 bits per heavy atom. The summed E-state index contributed by atoms with van der Waals surface area (Å²) in [6.07, 6.45) is 0.884. The van der Waals surface area contributed by atoms with Crippen molar-refractivity contribution in [2.75, 3.05) is 26.7 Å². The summed E-state index contributed by atoms with van der Waals surface area (Å²) in [4.78, 5) is 13.9. The van der Waals surface area contributed by atoms with E-state index in [-0.39, 0.29) is 23.7 Å². The number of benzene rings is 1. The van der Waals surface area contributed by atoms with Gasteiger partial charge in [0.15, 0.2) is 0 Å². The molecular formula is C15H21FN2O2. The van der Waals surface area contributed by atoms with Gasteiger partial charge in [-0.3, -0.25) is 4.79 Å². The normalized spacial score (nSPS) is 21.8. The molecule has 4 nitrogen and oxygen atoms in total. The minimum absolute atomic E-state index is 0.0502. The Balaban J connectivity index is 1.77. The SMILES string of the molecule is CC1NCCC1C(=O)N(C)CCOc1cccc(F)c1. The molecule has 1 amide bonds. The van der Waals surface area contributed by atoms with Gasteiger partial charge in [-0.15, -0.1) is 0 Å². The fourth-order valence-corrected chi connectivity index (χ4v) is 2.45. The topological polar surface area (TPSA) is 41.6 Å². The molecule has 2 unspecified atom stereocenters. The molecule has 1 aromatic rings. The van der Waals surface area contributed by atoms with Crippen LogP contribution in [0.15, 0.2) is 24.3 Å². The highest BCUT2D eigenvalue weighted by Gasteiger charge is 2.31. The molecule has 2 atom stereocenters. The van der Waals surface area contributed by atoms with E-state index in [4.69, 9.17) is 4.74 Å². The van der Waals surface area contributed by atoms with Crippen LogP contribution in [-0.4, -0.2) is 43.6 Å². The zero-order valence-electron chi connectivity index (χ0n) is 11.9. The number of halogens is 1. The number of likely N-dealkylation sites (N-methyl/N-ethyl adjacent to an activating group) is 1. The van der Waals surface area contributed by atoms with E-state index in [1.165, 1.54) is 12.1 Å². The second-order valence-electron chi connectivity index (χ2n) is 5.20. The summed E-state index contributed by atoms with van der Waals surface area (Å²) in [7, 11) is 1.78. The Morgan fingerprint density at radius 1 is 1.55 bits per heavy atom. The number of nitrogens with one attached hydrogen (secondary N) is 1. The van der Waals surface area contributed by atoms with Crippen LogP contribution in [0, 0.1) is 11.7 Å². The van der Waals surface area contributed by atoms with Gasteiger partial charge in [0.1, 0.15) is 18.2 Å². The van der Waals surface area contributed by atoms with Crippen molar-refractivity contribution in [1.29, 1.82) is 0 Å². The van der Waals surface area contributed by atoms with E-state index in [0.29, 0.717) is 18.9 Å². The largest absolute Gasteiger partial charge is 0.492 e. The first-order chi connectivity index (χ1) is 9.58. The van der Waals surface area contributed by atoms with E-state index in [2.05, 4.69) is 5.32 Å². The third kappa shape index (κ3) is 3.70. The lowest BCUT2D eigenvalue weighted by molar-refractivity contribution is -0.134. The van der Waals surface area contributed by atoms with E-state index in [1.54, 1.807) is 24.1 Å². The van der Waals surface area contributed by atoms with Gasteiger partial charge in [0.05, 0.1) is 12.5 Å². The van der Waals surface area contributed by atoms with Gasteiger partial charge in [0.25, 0.3) is 0 Å². The molecule has 0 bridgehead atoms. The maximum Gasteiger partial charge on any atom is 0.227 e. The van der Waals surface area contributed by atoms with Crippen molar-refractivity contribution in [3.63, 3.8) is 0 Å². The van der Waals surface area contributed by atoms with E-state index in [1.807, 2.05) is 6.92 Å². The van der Waals surface area contributed by atoms with Crippen LogP contribution >= 0.6 is 0 Å². The lowest BCUT2D eigenvalue weighted by atomic mass is 10.0. The van der Waals surface area contributed by atoms with Crippen LogP contribution in [-0.2, 0) is 4.79 Å². The zero-order chi connectivity index (χ0) is 14.5. The summed E-state index contributed by atoms with van der Waals surface area (Å²) >= 11 is 0. The number of rotatable bonds is 5. The number of carbonyl (C=O) groups excluding carboxylic acids is 1. The summed E-state index contributed by atoms with van der Waals surface area (Å²) in [6, 6.07) is 6.25. The fourth-order valence-electron chi connectivity index (χ4n) is 2.45. The first-order valence-electron chi connectivity index (χ1n) is 6.94. The van der Waals surface area contributed by atoms with Gasteiger partial charge < -0.3 is 15.0 Å². The average Bonchev–Trinajstić information content (AvgIpc) is 2.84. The van der Waals surface area contributed by atoms with Gasteiger partial charge in [0, 0.05) is 19.2 Å². The number of carbonyl (C=O) groups is 1. The van der Waals surface area contributed by atoms with Crippen LogP contribution in [0.5, 0.6) is 5.75 Å². The Kier molecular flexibility index (Phi) is 4.95. The predicted molar refractivity (Wildman–Crippen MR) is 75.1 cm³/mol. The van der Waals surface area contributed by atoms with Crippen LogP contribution in [0.2, 0.25) is 0 Å². The second kappa shape index (κ2) is 6.70. The van der Waals surface area contributed by atoms with Gasteiger partial charge in [-0.25, -0.2) is 4.39 Å². The molecule has 110 valence electrons. The number of hydrogen-bond donors (Lipinski definition) is 1. The maximum atomic E-state index is 13.0. The summed E-state index contributed by atoms with van der Waals surface area (Å²) in [5, 5.41) is 3.27. The van der Waals surface area contributed by atoms with Crippen molar-refractivity contribution in [3.05, 3.63) is 30.1 Å². The van der Waals surface area contributed by atoms with Crippen LogP contribution in [0.1, 0.15) is 13.3 Å². The van der Waals surface area contributed by atoms with Crippen LogP contribution in [0.25, 0.3) is 0 Å². The Bertz CT molecular complexity index is 467. The van der Waals surface area contributed by atoms with E-state index in [0.717, 1.165) is 13.0 Å². The van der Waals surface area contributed by atoms with E-state index < -0.39 is 0 Å². The van der Waals surface area contributed by atoms with E-state index in [9.17, 15) is 9.18 Å². The van der Waals surface area contributed by atoms with Crippen LogP contribution in [0.4, 0.5) is 4.39 Å². The summed E-state index contributed by atoms with van der Waals surface area (Å²) in [5.41, 5.74) is 0. The smallest absolute Gasteiger partial charge is 0.227 e. The van der Waals surface area contributed by atoms with Crippen molar-refractivity contribution >= 4 is 5.91 Å². The summed E-state index contributed by atoms with van der Waals surface area (Å²) in [6.45, 7) is 3.79. The Hall–Kier alpha value is -1.62. The number of hydrogen-bond acceptors (Lipinski definition) is 3. The van der Waals surface area contributed by atoms with Crippen molar-refractivity contribution in [2.24, 2.45) is 5.92 Å². The molecule has 1 saturated heterocycles. The molecule has 0 aromatic heterocycles. The number of ether oxygens (including phenoxy) is 1. The van der Waals surface area contributed by atoms with Crippen LogP contribution in [0.3, 0.4) is 0 Å². The monoisotopic (exact) mass is 280 g/mol. The van der Waals surface area contributed by atoms with Gasteiger partial charge in [0.2, 0.25) is 5.91 Å². The standard InChI is InChI=1S/C15H21FN2O2/c1-11-14(6-7-17-11)15(19)18(2)8-9-20-13-5-3-4-12(16)10-13/h3-5,10-11,14,17H,6-9H2,1-2H3. The Labute approximate surface area is 118 Å². The zero-order valence-corrected chi connectivity index (χ0v) is 11.9. The first-order valence-corrected chi connectivity index (χ1v) is 6.94. The Morgan fingerprint density at radius 3 is 3.00 bits per heavy atom. The van der Waals surface area contributed by atoms with Crippen LogP contribution < -0.4 is 10.1 Å². The number of nitrogens with zero attached hydrogens (tertiary/aromatic N) is 1. The lowest BCUT2D eigenvalue weighted by Crippen LogP contribution is -2.39. The fraction of sp³-hybridized carbons (Fsp3) is 0.533.